The van der Waals surface area contributed by atoms with E-state index >= 15 is 0 Å². The van der Waals surface area contributed by atoms with E-state index in [0.717, 1.165) is 31.6 Å². The Kier molecular flexibility index (Phi) is 4.55. The highest BCUT2D eigenvalue weighted by Crippen LogP contribution is 2.25. The third-order valence-electron chi connectivity index (χ3n) is 3.65. The lowest BCUT2D eigenvalue weighted by molar-refractivity contribution is -0.137. The fourth-order valence-corrected chi connectivity index (χ4v) is 2.61. The number of rotatable bonds is 5. The molecule has 1 aliphatic rings. The average molecular weight is 277 g/mol. The molecule has 0 aliphatic carbocycles. The number of aliphatic carboxylic acids is 1. The summed E-state index contributed by atoms with van der Waals surface area (Å²) in [4.78, 5) is 27.9. The number of anilines is 1. The van der Waals surface area contributed by atoms with Gasteiger partial charge in [-0.05, 0) is 37.3 Å². The zero-order valence-electron chi connectivity index (χ0n) is 11.3. The van der Waals surface area contributed by atoms with E-state index in [1.165, 1.54) is 0 Å². The maximum Gasteiger partial charge on any atom is 0.303 e. The lowest BCUT2D eigenvalue weighted by Crippen LogP contribution is -2.35. The number of pyridine rings is 1. The molecule has 2 heterocycles. The van der Waals surface area contributed by atoms with Crippen molar-refractivity contribution in [3.63, 3.8) is 0 Å². The van der Waals surface area contributed by atoms with E-state index in [1.54, 1.807) is 12.3 Å². The van der Waals surface area contributed by atoms with Crippen LogP contribution in [0.4, 0.5) is 5.69 Å². The Balaban J connectivity index is 2.03. The normalized spacial score (nSPS) is 18.8. The number of nitrogens with two attached hydrogens (primary N) is 1. The summed E-state index contributed by atoms with van der Waals surface area (Å²) >= 11 is 0. The van der Waals surface area contributed by atoms with Crippen LogP contribution in [0.3, 0.4) is 0 Å². The number of hydrogen-bond acceptors (Lipinski definition) is 4. The van der Waals surface area contributed by atoms with Crippen molar-refractivity contribution in [1.82, 2.24) is 4.98 Å². The predicted molar refractivity (Wildman–Crippen MR) is 74.6 cm³/mol. The van der Waals surface area contributed by atoms with Gasteiger partial charge in [0.05, 0.1) is 0 Å². The number of carboxylic acids is 1. The van der Waals surface area contributed by atoms with E-state index in [4.69, 9.17) is 10.8 Å². The van der Waals surface area contributed by atoms with Crippen LogP contribution < -0.4 is 10.6 Å². The molecule has 0 bridgehead atoms. The van der Waals surface area contributed by atoms with Crippen molar-refractivity contribution in [3.05, 3.63) is 24.0 Å². The van der Waals surface area contributed by atoms with Crippen molar-refractivity contribution in [3.8, 4) is 0 Å². The van der Waals surface area contributed by atoms with Gasteiger partial charge in [0.1, 0.15) is 5.69 Å². The molecule has 0 radical (unpaired) electrons. The van der Waals surface area contributed by atoms with Gasteiger partial charge in [0.2, 0.25) is 0 Å². The molecule has 6 heteroatoms. The van der Waals surface area contributed by atoms with Gasteiger partial charge in [0.25, 0.3) is 5.91 Å². The Bertz CT molecular complexity index is 504. The van der Waals surface area contributed by atoms with Crippen LogP contribution in [0.25, 0.3) is 0 Å². The first-order chi connectivity index (χ1) is 9.56. The molecule has 20 heavy (non-hydrogen) atoms. The minimum Gasteiger partial charge on any atom is -0.481 e. The standard InChI is InChI=1S/C14H19N3O3/c15-14(20)12-8-11(5-6-16-12)17-7-1-2-10(9-17)3-4-13(18)19/h5-6,8,10H,1-4,7,9H2,(H2,15,20)(H,18,19). The van der Waals surface area contributed by atoms with Crippen molar-refractivity contribution in [2.45, 2.75) is 25.7 Å². The summed E-state index contributed by atoms with van der Waals surface area (Å²) in [5.74, 6) is -0.904. The highest BCUT2D eigenvalue weighted by molar-refractivity contribution is 5.91. The summed E-state index contributed by atoms with van der Waals surface area (Å²) in [7, 11) is 0. The number of aromatic nitrogens is 1. The molecule has 108 valence electrons. The lowest BCUT2D eigenvalue weighted by Gasteiger charge is -2.34. The first-order valence-electron chi connectivity index (χ1n) is 6.79. The van der Waals surface area contributed by atoms with Crippen LogP contribution in [-0.2, 0) is 4.79 Å². The van der Waals surface area contributed by atoms with Crippen molar-refractivity contribution in [1.29, 1.82) is 0 Å². The third-order valence-corrected chi connectivity index (χ3v) is 3.65. The van der Waals surface area contributed by atoms with Crippen molar-refractivity contribution >= 4 is 17.6 Å². The number of primary amides is 1. The number of hydrogen-bond donors (Lipinski definition) is 2. The van der Waals surface area contributed by atoms with Gasteiger partial charge in [0.15, 0.2) is 0 Å². The van der Waals surface area contributed by atoms with Gasteiger partial charge in [-0.15, -0.1) is 0 Å². The van der Waals surface area contributed by atoms with E-state index in [0.29, 0.717) is 12.3 Å². The van der Waals surface area contributed by atoms with Crippen LogP contribution in [0.15, 0.2) is 18.3 Å². The summed E-state index contributed by atoms with van der Waals surface area (Å²) in [5.41, 5.74) is 6.42. The molecule has 1 aromatic heterocycles. The summed E-state index contributed by atoms with van der Waals surface area (Å²) in [5, 5.41) is 8.75. The first kappa shape index (κ1) is 14.3. The van der Waals surface area contributed by atoms with Gasteiger partial charge in [-0.25, -0.2) is 0 Å². The molecule has 1 atom stereocenters. The highest BCUT2D eigenvalue weighted by Gasteiger charge is 2.21. The molecule has 1 aromatic rings. The van der Waals surface area contributed by atoms with Crippen LogP contribution in [0.1, 0.15) is 36.2 Å². The predicted octanol–water partition coefficient (Wildman–Crippen LogP) is 1.26. The number of carbonyl (C=O) groups excluding carboxylic acids is 1. The van der Waals surface area contributed by atoms with Crippen LogP contribution in [0.5, 0.6) is 0 Å². The lowest BCUT2D eigenvalue weighted by atomic mass is 9.93. The molecular formula is C14H19N3O3. The largest absolute Gasteiger partial charge is 0.481 e. The van der Waals surface area contributed by atoms with Gasteiger partial charge in [-0.1, -0.05) is 0 Å². The number of carboxylic acid groups (broad SMARTS) is 1. The minimum absolute atomic E-state index is 0.210. The number of amides is 1. The number of piperidine rings is 1. The number of carbonyl (C=O) groups is 2. The van der Waals surface area contributed by atoms with Gasteiger partial charge in [0, 0.05) is 31.4 Å². The minimum atomic E-state index is -0.748. The summed E-state index contributed by atoms with van der Waals surface area (Å²) < 4.78 is 0. The topological polar surface area (TPSA) is 96.5 Å². The second kappa shape index (κ2) is 6.36. The molecule has 0 spiro atoms. The van der Waals surface area contributed by atoms with Gasteiger partial charge >= 0.3 is 5.97 Å². The average Bonchev–Trinajstić information content (AvgIpc) is 2.45. The maximum absolute atomic E-state index is 11.2. The molecule has 1 unspecified atom stereocenters. The van der Waals surface area contributed by atoms with E-state index in [-0.39, 0.29) is 12.1 Å². The highest BCUT2D eigenvalue weighted by atomic mass is 16.4. The Labute approximate surface area is 117 Å². The maximum atomic E-state index is 11.2. The summed E-state index contributed by atoms with van der Waals surface area (Å²) in [6, 6.07) is 3.55. The second-order valence-corrected chi connectivity index (χ2v) is 5.15. The van der Waals surface area contributed by atoms with Crippen LogP contribution in [0.2, 0.25) is 0 Å². The smallest absolute Gasteiger partial charge is 0.303 e. The van der Waals surface area contributed by atoms with Crippen LogP contribution >= 0.6 is 0 Å². The monoisotopic (exact) mass is 277 g/mol. The molecule has 1 fully saturated rings. The quantitative estimate of drug-likeness (QED) is 0.844. The molecule has 0 aromatic carbocycles. The van der Waals surface area contributed by atoms with E-state index in [1.807, 2.05) is 6.07 Å². The Hall–Kier alpha value is -2.11. The van der Waals surface area contributed by atoms with Crippen LogP contribution in [0, 0.1) is 5.92 Å². The van der Waals surface area contributed by atoms with Gasteiger partial charge in [-0.3, -0.25) is 14.6 Å². The molecule has 1 aliphatic heterocycles. The molecule has 2 rings (SSSR count). The SMILES string of the molecule is NC(=O)c1cc(N2CCCC(CCC(=O)O)C2)ccn1. The van der Waals surface area contributed by atoms with Gasteiger partial charge < -0.3 is 15.7 Å². The molecular weight excluding hydrogens is 258 g/mol. The fourth-order valence-electron chi connectivity index (χ4n) is 2.61. The van der Waals surface area contributed by atoms with E-state index in [9.17, 15) is 9.59 Å². The third kappa shape index (κ3) is 3.69. The molecule has 1 amide bonds. The zero-order chi connectivity index (χ0) is 14.5. The Morgan fingerprint density at radius 1 is 1.50 bits per heavy atom. The molecule has 3 N–H and O–H groups in total. The van der Waals surface area contributed by atoms with Gasteiger partial charge in [-0.2, -0.15) is 0 Å². The fraction of sp³-hybridized carbons (Fsp3) is 0.500. The van der Waals surface area contributed by atoms with E-state index < -0.39 is 11.9 Å². The van der Waals surface area contributed by atoms with Crippen LogP contribution in [-0.4, -0.2) is 35.1 Å². The molecule has 6 nitrogen and oxygen atoms in total. The van der Waals surface area contributed by atoms with Crippen molar-refractivity contribution < 1.29 is 14.7 Å². The second-order valence-electron chi connectivity index (χ2n) is 5.15. The number of nitrogens with zero attached hydrogens (tertiary/aromatic N) is 2. The zero-order valence-corrected chi connectivity index (χ0v) is 11.3. The van der Waals surface area contributed by atoms with Crippen molar-refractivity contribution in [2.75, 3.05) is 18.0 Å². The van der Waals surface area contributed by atoms with Crippen molar-refractivity contribution in [2.24, 2.45) is 11.7 Å². The van der Waals surface area contributed by atoms with E-state index in [2.05, 4.69) is 9.88 Å². The molecule has 1 saturated heterocycles. The Morgan fingerprint density at radius 3 is 3.00 bits per heavy atom. The molecule has 0 saturated carbocycles. The first-order valence-corrected chi connectivity index (χ1v) is 6.79. The summed E-state index contributed by atoms with van der Waals surface area (Å²) in [6.45, 7) is 1.72. The Morgan fingerprint density at radius 2 is 2.30 bits per heavy atom. The summed E-state index contributed by atoms with van der Waals surface area (Å²) in [6.07, 6.45) is 4.56.